The molecule has 0 radical (unpaired) electrons. The lowest BCUT2D eigenvalue weighted by molar-refractivity contribution is 0.858. The van der Waals surface area contributed by atoms with Crippen molar-refractivity contribution in [3.05, 3.63) is 24.4 Å². The number of rotatable bonds is 2. The van der Waals surface area contributed by atoms with Crippen molar-refractivity contribution >= 4 is 24.2 Å². The van der Waals surface area contributed by atoms with Crippen LogP contribution in [0.15, 0.2) is 29.4 Å². The van der Waals surface area contributed by atoms with E-state index in [1.165, 1.54) is 6.42 Å². The van der Waals surface area contributed by atoms with Gasteiger partial charge in [0.2, 0.25) is 0 Å². The van der Waals surface area contributed by atoms with E-state index in [1.807, 2.05) is 30.1 Å². The Morgan fingerprint density at radius 3 is 3.00 bits per heavy atom. The molecule has 1 saturated heterocycles. The molecular weight excluding hydrogens is 204 g/mol. The van der Waals surface area contributed by atoms with Crippen molar-refractivity contribution < 1.29 is 0 Å². The number of hydrogen-bond acceptors (Lipinski definition) is 3. The third kappa shape index (κ3) is 3.18. The van der Waals surface area contributed by atoms with Gasteiger partial charge in [0.25, 0.3) is 0 Å². The highest BCUT2D eigenvalue weighted by Crippen LogP contribution is 2.24. The monoisotopic (exact) mass is 216 g/mol. The van der Waals surface area contributed by atoms with E-state index in [0.717, 1.165) is 23.4 Å². The lowest BCUT2D eigenvalue weighted by Crippen LogP contribution is -2.10. The summed E-state index contributed by atoms with van der Waals surface area (Å²) in [5, 5.41) is 5.21. The number of nitrogens with one attached hydrogen (secondary N) is 1. The summed E-state index contributed by atoms with van der Waals surface area (Å²) in [5.74, 6) is 0. The molecule has 2 nitrogen and oxygen atoms in total. The quantitative estimate of drug-likeness (QED) is 0.818. The molecule has 72 valence electrons. The van der Waals surface area contributed by atoms with Crippen LogP contribution in [0.3, 0.4) is 0 Å². The van der Waals surface area contributed by atoms with Crippen LogP contribution in [0.4, 0.5) is 0 Å². The van der Waals surface area contributed by atoms with Crippen LogP contribution in [-0.4, -0.2) is 23.3 Å². The molecule has 4 heteroatoms. The van der Waals surface area contributed by atoms with Crippen LogP contribution in [0.1, 0.15) is 6.42 Å². The van der Waals surface area contributed by atoms with Gasteiger partial charge < -0.3 is 5.32 Å². The average molecular weight is 217 g/mol. The van der Waals surface area contributed by atoms with Crippen molar-refractivity contribution in [3.63, 3.8) is 0 Å². The zero-order valence-corrected chi connectivity index (χ0v) is 8.90. The fourth-order valence-electron chi connectivity index (χ4n) is 1.32. The summed E-state index contributed by atoms with van der Waals surface area (Å²) in [4.78, 5) is 4.28. The third-order valence-electron chi connectivity index (χ3n) is 1.94. The zero-order valence-electron chi connectivity index (χ0n) is 7.27. The molecule has 1 aliphatic rings. The summed E-state index contributed by atoms with van der Waals surface area (Å²) >= 11 is 1.88. The van der Waals surface area contributed by atoms with E-state index in [2.05, 4.69) is 16.4 Å². The second-order valence-corrected chi connectivity index (χ2v) is 4.22. The molecular formula is C9H13ClN2S. The van der Waals surface area contributed by atoms with E-state index in [4.69, 9.17) is 0 Å². The Hall–Kier alpha value is -0.250. The van der Waals surface area contributed by atoms with Gasteiger partial charge in [-0.3, -0.25) is 0 Å². The predicted molar refractivity (Wildman–Crippen MR) is 58.6 cm³/mol. The molecule has 0 aliphatic carbocycles. The lowest BCUT2D eigenvalue weighted by Gasteiger charge is -2.05. The normalized spacial score (nSPS) is 21.1. The van der Waals surface area contributed by atoms with Crippen LogP contribution in [0.2, 0.25) is 0 Å². The fraction of sp³-hybridized carbons (Fsp3) is 0.444. The summed E-state index contributed by atoms with van der Waals surface area (Å²) in [7, 11) is 0. The van der Waals surface area contributed by atoms with Gasteiger partial charge in [0, 0.05) is 18.0 Å². The number of nitrogens with zero attached hydrogens (tertiary/aromatic N) is 1. The van der Waals surface area contributed by atoms with Gasteiger partial charge in [-0.1, -0.05) is 6.07 Å². The Bertz CT molecular complexity index is 237. The van der Waals surface area contributed by atoms with Crippen LogP contribution >= 0.6 is 24.2 Å². The van der Waals surface area contributed by atoms with E-state index in [-0.39, 0.29) is 12.4 Å². The van der Waals surface area contributed by atoms with Crippen molar-refractivity contribution in [2.24, 2.45) is 0 Å². The number of aromatic nitrogens is 1. The van der Waals surface area contributed by atoms with E-state index < -0.39 is 0 Å². The minimum Gasteiger partial charge on any atom is -0.316 e. The Kier molecular flexibility index (Phi) is 4.56. The molecule has 1 atom stereocenters. The fourth-order valence-corrected chi connectivity index (χ4v) is 2.37. The van der Waals surface area contributed by atoms with Gasteiger partial charge in [0.05, 0.1) is 5.03 Å². The van der Waals surface area contributed by atoms with Gasteiger partial charge >= 0.3 is 0 Å². The Morgan fingerprint density at radius 1 is 1.46 bits per heavy atom. The highest BCUT2D eigenvalue weighted by atomic mass is 35.5. The van der Waals surface area contributed by atoms with E-state index in [9.17, 15) is 0 Å². The molecule has 1 aromatic rings. The van der Waals surface area contributed by atoms with Crippen LogP contribution < -0.4 is 5.32 Å². The largest absolute Gasteiger partial charge is 0.316 e. The molecule has 0 amide bonds. The molecule has 13 heavy (non-hydrogen) atoms. The van der Waals surface area contributed by atoms with E-state index in [0.29, 0.717) is 0 Å². The number of thioether (sulfide) groups is 1. The second-order valence-electron chi connectivity index (χ2n) is 2.90. The summed E-state index contributed by atoms with van der Waals surface area (Å²) in [6.45, 7) is 2.28. The first-order chi connectivity index (χ1) is 5.95. The molecule has 2 rings (SSSR count). The van der Waals surface area contributed by atoms with E-state index in [1.54, 1.807) is 0 Å². The number of halogens is 1. The molecule has 0 spiro atoms. The average Bonchev–Trinajstić information content (AvgIpc) is 2.59. The summed E-state index contributed by atoms with van der Waals surface area (Å²) in [6.07, 6.45) is 3.12. The summed E-state index contributed by atoms with van der Waals surface area (Å²) in [5.41, 5.74) is 0. The van der Waals surface area contributed by atoms with Crippen molar-refractivity contribution in [2.45, 2.75) is 16.7 Å². The standard InChI is InChI=1S/C9H12N2S.ClH/c1-2-5-11-9(3-1)12-8-4-6-10-7-8;/h1-3,5,8,10H,4,6-7H2;1H/t8-;/m0./s1. The highest BCUT2D eigenvalue weighted by Gasteiger charge is 2.15. The molecule has 0 bridgehead atoms. The van der Waals surface area contributed by atoms with Gasteiger partial charge in [-0.25, -0.2) is 4.98 Å². The Balaban J connectivity index is 0.000000845. The zero-order chi connectivity index (χ0) is 8.23. The van der Waals surface area contributed by atoms with Crippen molar-refractivity contribution in [2.75, 3.05) is 13.1 Å². The van der Waals surface area contributed by atoms with Gasteiger partial charge in [-0.15, -0.1) is 24.2 Å². The first-order valence-electron chi connectivity index (χ1n) is 4.23. The second kappa shape index (κ2) is 5.47. The van der Waals surface area contributed by atoms with Gasteiger partial charge in [0.15, 0.2) is 0 Å². The van der Waals surface area contributed by atoms with Gasteiger partial charge in [-0.2, -0.15) is 0 Å². The van der Waals surface area contributed by atoms with Crippen LogP contribution in [0.25, 0.3) is 0 Å². The molecule has 2 heterocycles. The lowest BCUT2D eigenvalue weighted by atomic mass is 10.4. The molecule has 0 saturated carbocycles. The maximum absolute atomic E-state index is 4.28. The number of hydrogen-bond donors (Lipinski definition) is 1. The molecule has 0 unspecified atom stereocenters. The smallest absolute Gasteiger partial charge is 0.0962 e. The summed E-state index contributed by atoms with van der Waals surface area (Å²) in [6, 6.07) is 6.07. The van der Waals surface area contributed by atoms with E-state index >= 15 is 0 Å². The van der Waals surface area contributed by atoms with Crippen LogP contribution in [-0.2, 0) is 0 Å². The predicted octanol–water partition coefficient (Wildman–Crippen LogP) is 1.96. The molecule has 1 fully saturated rings. The molecule has 1 aromatic heterocycles. The van der Waals surface area contributed by atoms with Crippen LogP contribution in [0, 0.1) is 0 Å². The molecule has 0 aromatic carbocycles. The third-order valence-corrected chi connectivity index (χ3v) is 3.16. The SMILES string of the molecule is Cl.c1ccc(S[C@H]2CCNC2)nc1. The topological polar surface area (TPSA) is 24.9 Å². The van der Waals surface area contributed by atoms with Gasteiger partial charge in [0.1, 0.15) is 0 Å². The van der Waals surface area contributed by atoms with Crippen molar-refractivity contribution in [1.29, 1.82) is 0 Å². The van der Waals surface area contributed by atoms with Crippen LogP contribution in [0.5, 0.6) is 0 Å². The number of pyridine rings is 1. The highest BCUT2D eigenvalue weighted by molar-refractivity contribution is 7.99. The first-order valence-corrected chi connectivity index (χ1v) is 5.11. The van der Waals surface area contributed by atoms with Crippen molar-refractivity contribution in [1.82, 2.24) is 10.3 Å². The Morgan fingerprint density at radius 2 is 2.38 bits per heavy atom. The maximum Gasteiger partial charge on any atom is 0.0962 e. The Labute approximate surface area is 88.9 Å². The molecule has 1 aliphatic heterocycles. The minimum absolute atomic E-state index is 0. The first kappa shape index (κ1) is 10.8. The minimum atomic E-state index is 0. The van der Waals surface area contributed by atoms with Gasteiger partial charge in [-0.05, 0) is 25.1 Å². The van der Waals surface area contributed by atoms with Crippen molar-refractivity contribution in [3.8, 4) is 0 Å². The maximum atomic E-state index is 4.28. The molecule has 1 N–H and O–H groups in total. The summed E-state index contributed by atoms with van der Waals surface area (Å²) < 4.78 is 0.